The maximum absolute atomic E-state index is 14.3. The number of benzene rings is 2. The molecule has 1 atom stereocenters. The molecule has 0 spiro atoms. The fourth-order valence-corrected chi connectivity index (χ4v) is 2.76. The van der Waals surface area contributed by atoms with Crippen molar-refractivity contribution in [3.63, 3.8) is 0 Å². The van der Waals surface area contributed by atoms with Gasteiger partial charge in [-0.05, 0) is 17.7 Å². The summed E-state index contributed by atoms with van der Waals surface area (Å²) in [7, 11) is 0. The summed E-state index contributed by atoms with van der Waals surface area (Å²) >= 11 is 0. The first-order chi connectivity index (χ1) is 13.5. The number of carbonyl (C=O) groups excluding carboxylic acids is 3. The smallest absolute Gasteiger partial charge is 0.287 e. The highest BCUT2D eigenvalue weighted by Crippen LogP contribution is 2.14. The largest absolute Gasteiger partial charge is 0.363 e. The summed E-state index contributed by atoms with van der Waals surface area (Å²) < 4.78 is 15.4. The first-order valence-corrected chi connectivity index (χ1v) is 8.44. The molecular weight excluding hydrogens is 363 g/mol. The molecule has 28 heavy (non-hydrogen) atoms. The Labute approximate surface area is 160 Å². The van der Waals surface area contributed by atoms with E-state index in [0.29, 0.717) is 11.3 Å². The molecule has 0 saturated heterocycles. The van der Waals surface area contributed by atoms with Gasteiger partial charge in [0, 0.05) is 6.42 Å². The number of halogens is 1. The Kier molecular flexibility index (Phi) is 5.59. The Bertz CT molecular complexity index is 1000. The normalized spacial score (nSPS) is 11.6. The van der Waals surface area contributed by atoms with E-state index < -0.39 is 29.5 Å². The second-order valence-corrected chi connectivity index (χ2v) is 6.03. The number of carbonyl (C=O) groups is 3. The van der Waals surface area contributed by atoms with Crippen molar-refractivity contribution in [1.82, 2.24) is 15.1 Å². The van der Waals surface area contributed by atoms with E-state index >= 15 is 0 Å². The number of nitrogens with zero attached hydrogens (tertiary/aromatic N) is 2. The lowest BCUT2D eigenvalue weighted by Gasteiger charge is -2.17. The summed E-state index contributed by atoms with van der Waals surface area (Å²) in [6.45, 7) is 0. The van der Waals surface area contributed by atoms with Crippen LogP contribution in [-0.4, -0.2) is 33.4 Å². The van der Waals surface area contributed by atoms with Gasteiger partial charge in [0.2, 0.25) is 5.78 Å². The Balaban J connectivity index is 1.89. The lowest BCUT2D eigenvalue weighted by atomic mass is 10.0. The van der Waals surface area contributed by atoms with Gasteiger partial charge < -0.3 is 11.1 Å². The van der Waals surface area contributed by atoms with Crippen molar-refractivity contribution in [2.45, 2.75) is 12.5 Å². The number of nitrogens with two attached hydrogens (primary N) is 1. The molecule has 0 bridgehead atoms. The molecule has 2 amide bonds. The first-order valence-electron chi connectivity index (χ1n) is 8.44. The number of primary amides is 1. The molecule has 0 fully saturated rings. The van der Waals surface area contributed by atoms with Gasteiger partial charge in [-0.15, -0.1) is 0 Å². The number of rotatable bonds is 7. The standard InChI is InChI=1S/C20H17FN4O3/c21-15-12-23-25(14-9-5-2-6-10-14)17(15)20(28)24-16(18(26)19(22)27)11-13-7-3-1-4-8-13/h1-10,12,16H,11H2,(H2,22,27)(H,24,28)/t16-/m0/s1. The van der Waals surface area contributed by atoms with Crippen molar-refractivity contribution >= 4 is 17.6 Å². The fraction of sp³-hybridized carbons (Fsp3) is 0.100. The third kappa shape index (κ3) is 4.12. The Morgan fingerprint density at radius 1 is 1.04 bits per heavy atom. The van der Waals surface area contributed by atoms with Gasteiger partial charge in [-0.3, -0.25) is 14.4 Å². The highest BCUT2D eigenvalue weighted by molar-refractivity contribution is 6.38. The van der Waals surface area contributed by atoms with E-state index in [1.807, 2.05) is 0 Å². The lowest BCUT2D eigenvalue weighted by Crippen LogP contribution is -2.47. The lowest BCUT2D eigenvalue weighted by molar-refractivity contribution is -0.137. The van der Waals surface area contributed by atoms with E-state index in [1.165, 1.54) is 0 Å². The molecule has 0 aliphatic carbocycles. The number of nitrogens with one attached hydrogen (secondary N) is 1. The van der Waals surface area contributed by atoms with Crippen LogP contribution in [0, 0.1) is 5.82 Å². The van der Waals surface area contributed by atoms with Crippen LogP contribution in [-0.2, 0) is 16.0 Å². The average molecular weight is 380 g/mol. The van der Waals surface area contributed by atoms with Gasteiger partial charge in [0.1, 0.15) is 6.04 Å². The summed E-state index contributed by atoms with van der Waals surface area (Å²) in [5, 5.41) is 6.29. The third-order valence-electron chi connectivity index (χ3n) is 4.09. The molecule has 8 heteroatoms. The quantitative estimate of drug-likeness (QED) is 0.604. The predicted molar refractivity (Wildman–Crippen MR) is 99.1 cm³/mol. The van der Waals surface area contributed by atoms with Crippen molar-refractivity contribution in [1.29, 1.82) is 0 Å². The van der Waals surface area contributed by atoms with Gasteiger partial charge in [-0.1, -0.05) is 48.5 Å². The monoisotopic (exact) mass is 380 g/mol. The Morgan fingerprint density at radius 3 is 2.25 bits per heavy atom. The predicted octanol–water partition coefficient (Wildman–Crippen LogP) is 1.41. The van der Waals surface area contributed by atoms with Crippen molar-refractivity contribution < 1.29 is 18.8 Å². The zero-order valence-electron chi connectivity index (χ0n) is 14.7. The Hall–Kier alpha value is -3.81. The van der Waals surface area contributed by atoms with E-state index in [0.717, 1.165) is 10.9 Å². The van der Waals surface area contributed by atoms with Crippen LogP contribution >= 0.6 is 0 Å². The summed E-state index contributed by atoms with van der Waals surface area (Å²) in [6.07, 6.45) is 0.944. The van der Waals surface area contributed by atoms with Crippen molar-refractivity contribution in [3.8, 4) is 5.69 Å². The molecule has 0 saturated carbocycles. The zero-order chi connectivity index (χ0) is 20.1. The minimum absolute atomic E-state index is 0.0371. The fourth-order valence-electron chi connectivity index (χ4n) is 2.76. The Morgan fingerprint density at radius 2 is 1.64 bits per heavy atom. The molecule has 0 aliphatic heterocycles. The van der Waals surface area contributed by atoms with Crippen molar-refractivity contribution in [2.75, 3.05) is 0 Å². The first kappa shape index (κ1) is 19.0. The van der Waals surface area contributed by atoms with Crippen molar-refractivity contribution in [2.24, 2.45) is 5.73 Å². The van der Waals surface area contributed by atoms with E-state index in [1.54, 1.807) is 60.7 Å². The van der Waals surface area contributed by atoms with Gasteiger partial charge in [-0.25, -0.2) is 9.07 Å². The van der Waals surface area contributed by atoms with E-state index in [4.69, 9.17) is 5.73 Å². The van der Waals surface area contributed by atoms with Gasteiger partial charge in [0.05, 0.1) is 11.9 Å². The van der Waals surface area contributed by atoms with E-state index in [-0.39, 0.29) is 12.1 Å². The van der Waals surface area contributed by atoms with Crippen LogP contribution in [0.1, 0.15) is 16.1 Å². The number of hydrogen-bond donors (Lipinski definition) is 2. The molecule has 1 aromatic heterocycles. The average Bonchev–Trinajstić information content (AvgIpc) is 3.10. The summed E-state index contributed by atoms with van der Waals surface area (Å²) in [6, 6.07) is 16.1. The van der Waals surface area contributed by atoms with Gasteiger partial charge in [0.15, 0.2) is 11.5 Å². The topological polar surface area (TPSA) is 107 Å². The molecule has 0 radical (unpaired) electrons. The van der Waals surface area contributed by atoms with Gasteiger partial charge >= 0.3 is 0 Å². The molecule has 2 aromatic carbocycles. The maximum Gasteiger partial charge on any atom is 0.287 e. The summed E-state index contributed by atoms with van der Waals surface area (Å²) in [4.78, 5) is 36.3. The van der Waals surface area contributed by atoms with Gasteiger partial charge in [-0.2, -0.15) is 5.10 Å². The number of para-hydroxylation sites is 1. The second-order valence-electron chi connectivity index (χ2n) is 6.03. The van der Waals surface area contributed by atoms with Gasteiger partial charge in [0.25, 0.3) is 11.8 Å². The number of Topliss-reactive ketones (excluding diaryl/α,β-unsaturated/α-hetero) is 1. The van der Waals surface area contributed by atoms with Crippen LogP contribution in [0.4, 0.5) is 4.39 Å². The van der Waals surface area contributed by atoms with E-state index in [2.05, 4.69) is 10.4 Å². The second kappa shape index (κ2) is 8.26. The molecule has 142 valence electrons. The van der Waals surface area contributed by atoms with Crippen LogP contribution in [0.15, 0.2) is 66.9 Å². The number of ketones is 1. The molecule has 3 rings (SSSR count). The minimum Gasteiger partial charge on any atom is -0.363 e. The number of aromatic nitrogens is 2. The molecule has 3 aromatic rings. The van der Waals surface area contributed by atoms with Crippen LogP contribution < -0.4 is 11.1 Å². The third-order valence-corrected chi connectivity index (χ3v) is 4.09. The molecule has 7 nitrogen and oxygen atoms in total. The molecule has 1 heterocycles. The molecule has 3 N–H and O–H groups in total. The number of hydrogen-bond acceptors (Lipinski definition) is 4. The summed E-state index contributed by atoms with van der Waals surface area (Å²) in [5.41, 5.74) is 5.91. The maximum atomic E-state index is 14.3. The molecule has 0 unspecified atom stereocenters. The zero-order valence-corrected chi connectivity index (χ0v) is 14.7. The molecule has 0 aliphatic rings. The van der Waals surface area contributed by atoms with E-state index in [9.17, 15) is 18.8 Å². The summed E-state index contributed by atoms with van der Waals surface area (Å²) in [5.74, 6) is -3.89. The molecular formula is C20H17FN4O3. The van der Waals surface area contributed by atoms with Crippen LogP contribution in [0.2, 0.25) is 0 Å². The van der Waals surface area contributed by atoms with Crippen LogP contribution in [0.3, 0.4) is 0 Å². The van der Waals surface area contributed by atoms with Crippen molar-refractivity contribution in [3.05, 3.63) is 83.9 Å². The minimum atomic E-state index is -1.23. The van der Waals surface area contributed by atoms with Crippen LogP contribution in [0.5, 0.6) is 0 Å². The number of amides is 2. The van der Waals surface area contributed by atoms with Crippen LogP contribution in [0.25, 0.3) is 5.69 Å². The highest BCUT2D eigenvalue weighted by Gasteiger charge is 2.28. The SMILES string of the molecule is NC(=O)C(=O)[C@H](Cc1ccccc1)NC(=O)c1c(F)cnn1-c1ccccc1. The highest BCUT2D eigenvalue weighted by atomic mass is 19.1.